The van der Waals surface area contributed by atoms with Gasteiger partial charge < -0.3 is 0 Å². The molecule has 0 aliphatic heterocycles. The molecule has 0 aliphatic carbocycles. The Bertz CT molecular complexity index is 2770. The van der Waals surface area contributed by atoms with Gasteiger partial charge in [0.2, 0.25) is 25.3 Å². The van der Waals surface area contributed by atoms with Gasteiger partial charge in [0.25, 0.3) is 0 Å². The minimum atomic E-state index is -10.7. The Kier molecular flexibility index (Phi) is 16.8. The van der Waals surface area contributed by atoms with Crippen molar-refractivity contribution in [1.29, 1.82) is 0 Å². The molecule has 0 unspecified atom stereocenters. The van der Waals surface area contributed by atoms with Crippen LogP contribution in [0.3, 0.4) is 0 Å². The van der Waals surface area contributed by atoms with E-state index in [1.807, 2.05) is 71.2 Å². The van der Waals surface area contributed by atoms with Crippen molar-refractivity contribution in [2.75, 3.05) is 0 Å². The monoisotopic (exact) mass is 1240 g/mol. The number of hydrogen-bond donors (Lipinski definition) is 0. The van der Waals surface area contributed by atoms with Crippen LogP contribution in [0.1, 0.15) is 22.3 Å². The van der Waals surface area contributed by atoms with E-state index < -0.39 is 31.2 Å². The molecule has 0 aliphatic rings. The van der Waals surface area contributed by atoms with Crippen molar-refractivity contribution in [3.8, 4) is 22.7 Å². The third kappa shape index (κ3) is 37.5. The van der Waals surface area contributed by atoms with Crippen LogP contribution in [0.4, 0.5) is 101 Å². The zero-order valence-electron chi connectivity index (χ0n) is 40.0. The number of benzene rings is 4. The van der Waals surface area contributed by atoms with Gasteiger partial charge in [-0.2, -0.15) is 0 Å². The van der Waals surface area contributed by atoms with Crippen molar-refractivity contribution in [2.45, 2.75) is 12.8 Å². The maximum atomic E-state index is 9.87. The molecule has 4 heterocycles. The summed E-state index contributed by atoms with van der Waals surface area (Å²) in [5.74, 6) is 0. The molecule has 78 heavy (non-hydrogen) atoms. The minimum absolute atomic E-state index is 0.944. The molecule has 36 heteroatoms. The van der Waals surface area contributed by atoms with Crippen LogP contribution in [-0.4, -0.2) is 18.3 Å². The molecule has 0 saturated heterocycles. The molecule has 4 aromatic heterocycles. The van der Waals surface area contributed by atoms with Crippen LogP contribution >= 0.6 is 31.2 Å². The average Bonchev–Trinajstić information content (AvgIpc) is 4.04. The van der Waals surface area contributed by atoms with Crippen LogP contribution in [0.2, 0.25) is 0 Å². The van der Waals surface area contributed by atoms with E-state index in [9.17, 15) is 101 Å². The quantitative estimate of drug-likeness (QED) is 0.0826. The van der Waals surface area contributed by atoms with Crippen molar-refractivity contribution in [1.82, 2.24) is 18.3 Å². The van der Waals surface area contributed by atoms with Gasteiger partial charge in [-0.1, -0.05) is 48.5 Å². The fourth-order valence-electron chi connectivity index (χ4n) is 6.03. The summed E-state index contributed by atoms with van der Waals surface area (Å²) < 4.78 is 253. The summed E-state index contributed by atoms with van der Waals surface area (Å²) in [7, 11) is -34.5. The van der Waals surface area contributed by atoms with Crippen LogP contribution in [0.15, 0.2) is 172 Å². The van der Waals surface area contributed by atoms with Crippen LogP contribution in [0, 0.1) is 0 Å². The summed E-state index contributed by atoms with van der Waals surface area (Å²) in [5.41, 5.74) is 10.0. The van der Waals surface area contributed by atoms with Crippen LogP contribution in [0.5, 0.6) is 0 Å². The van der Waals surface area contributed by atoms with E-state index >= 15 is 0 Å². The fraction of sp³-hybridized carbons (Fsp3) is 0.143. The molecule has 0 fully saturated rings. The molecule has 0 radical (unpaired) electrons. The summed E-state index contributed by atoms with van der Waals surface area (Å²) >= 11 is 0. The zero-order chi connectivity index (χ0) is 60.1. The molecular weight excluding hydrogens is 1200 g/mol. The number of imidazole rings is 4. The first-order valence-corrected chi connectivity index (χ1v) is 29.0. The van der Waals surface area contributed by atoms with Gasteiger partial charge in [-0.15, -0.1) is 0 Å². The van der Waals surface area contributed by atoms with Gasteiger partial charge in [-0.25, -0.2) is 36.5 Å². The molecule has 8 rings (SSSR count). The van der Waals surface area contributed by atoms with Crippen molar-refractivity contribution in [3.63, 3.8) is 0 Å². The van der Waals surface area contributed by atoms with Crippen LogP contribution < -0.4 is 18.3 Å². The Hall–Kier alpha value is -6.24. The molecule has 0 spiro atoms. The van der Waals surface area contributed by atoms with E-state index in [-0.39, 0.29) is 0 Å². The Balaban J connectivity index is 0.000000279. The Morgan fingerprint density at radius 3 is 0.487 bits per heavy atom. The van der Waals surface area contributed by atoms with Crippen molar-refractivity contribution in [3.05, 3.63) is 194 Å². The molecule has 4 aromatic carbocycles. The number of halogens is 24. The second kappa shape index (κ2) is 19.8. The van der Waals surface area contributed by atoms with E-state index in [1.54, 1.807) is 0 Å². The molecule has 440 valence electrons. The SMILES string of the molecule is C[n+]1ccn(-c2ccc(Cc3ccc(-n4cc[n+](C)c4)cc3)cc2)c1.C[n+]1ccn(-c2ccc(Cc3ccc(-n4cc[n+](C)c4)cc3)cc2)c1.F[P-](F)(F)(F)(F)F.F[P-](F)(F)(F)(F)F.F[P-](F)(F)(F)(F)F.F[P-](F)(F)(F)(F)F. The van der Waals surface area contributed by atoms with Crippen molar-refractivity contribution >= 4 is 31.2 Å². The first kappa shape index (κ1) is 66.0. The topological polar surface area (TPSA) is 35.2 Å². The van der Waals surface area contributed by atoms with Gasteiger partial charge in [0.15, 0.2) is 0 Å². The molecule has 0 saturated carbocycles. The predicted molar refractivity (Wildman–Crippen MR) is 248 cm³/mol. The Morgan fingerprint density at radius 1 is 0.256 bits per heavy atom. The van der Waals surface area contributed by atoms with Gasteiger partial charge in [-0.3, -0.25) is 0 Å². The third-order valence-electron chi connectivity index (χ3n) is 8.83. The average molecular weight is 1240 g/mol. The Labute approximate surface area is 425 Å². The van der Waals surface area contributed by atoms with Gasteiger partial charge >= 0.3 is 132 Å². The molecule has 0 amide bonds. The summed E-state index contributed by atoms with van der Waals surface area (Å²) in [6.45, 7) is 0. The van der Waals surface area contributed by atoms with E-state index in [0.717, 1.165) is 12.8 Å². The zero-order valence-corrected chi connectivity index (χ0v) is 43.6. The van der Waals surface area contributed by atoms with Crippen molar-refractivity contribution < 1.29 is 119 Å². The van der Waals surface area contributed by atoms with E-state index in [1.165, 1.54) is 45.0 Å². The summed E-state index contributed by atoms with van der Waals surface area (Å²) in [6, 6.07) is 35.0. The first-order chi connectivity index (χ1) is 34.1. The summed E-state index contributed by atoms with van der Waals surface area (Å²) in [6.07, 6.45) is 26.6. The third-order valence-corrected chi connectivity index (χ3v) is 8.83. The molecular formula is C42H44F24N8P4. The predicted octanol–water partition coefficient (Wildman–Crippen LogP) is 18.5. The molecule has 0 N–H and O–H groups in total. The normalized spacial score (nSPS) is 15.3. The molecule has 0 atom stereocenters. The number of hydrogen-bond acceptors (Lipinski definition) is 0. The molecule has 0 bridgehead atoms. The number of nitrogens with zero attached hydrogens (tertiary/aromatic N) is 8. The summed E-state index contributed by atoms with van der Waals surface area (Å²) in [4.78, 5) is 0. The van der Waals surface area contributed by atoms with Crippen LogP contribution in [-0.2, 0) is 41.0 Å². The van der Waals surface area contributed by atoms with Gasteiger partial charge in [0.1, 0.15) is 72.3 Å². The number of aryl methyl sites for hydroxylation is 4. The van der Waals surface area contributed by atoms with Crippen molar-refractivity contribution in [2.24, 2.45) is 28.2 Å². The van der Waals surface area contributed by atoms with Gasteiger partial charge in [0, 0.05) is 0 Å². The molecule has 8 aromatic rings. The summed E-state index contributed by atoms with van der Waals surface area (Å²) in [5, 5.41) is 0. The second-order valence-corrected chi connectivity index (χ2v) is 24.5. The Morgan fingerprint density at radius 2 is 0.385 bits per heavy atom. The van der Waals surface area contributed by atoms with Crippen LogP contribution in [0.25, 0.3) is 22.7 Å². The number of aromatic nitrogens is 8. The first-order valence-electron chi connectivity index (χ1n) is 20.9. The fourth-order valence-corrected chi connectivity index (χ4v) is 6.03. The number of rotatable bonds is 8. The van der Waals surface area contributed by atoms with E-state index in [2.05, 4.69) is 165 Å². The van der Waals surface area contributed by atoms with Gasteiger partial charge in [0.05, 0.1) is 28.2 Å². The standard InChI is InChI=1S/2C21H22N4.4F6P/c2*1-22-11-13-24(16-22)20-7-3-18(4-8-20)15-19-5-9-21(10-6-19)25-14-12-23(2)17-25;4*1-7(2,3,4,5)6/h2*3-14,16-17H,15H2,1-2H3;;;;/q2*+2;4*-1. The van der Waals surface area contributed by atoms with E-state index in [4.69, 9.17) is 0 Å². The van der Waals surface area contributed by atoms with Gasteiger partial charge in [-0.05, 0) is 83.6 Å². The van der Waals surface area contributed by atoms with E-state index in [0.29, 0.717) is 0 Å². The molecule has 8 nitrogen and oxygen atoms in total. The maximum absolute atomic E-state index is 10.7. The second-order valence-electron chi connectivity index (χ2n) is 16.8.